The fraction of sp³-hybridized carbons (Fsp3) is 0.227. The number of phenolic OH excluding ortho intramolecular Hbond substituents is 1. The first kappa shape index (κ1) is 23.6. The highest BCUT2D eigenvalue weighted by atomic mass is 19.1. The monoisotopic (exact) mass is 430 g/mol. The van der Waals surface area contributed by atoms with Crippen LogP contribution < -0.4 is 10.8 Å². The molecule has 0 aliphatic carbocycles. The van der Waals surface area contributed by atoms with Gasteiger partial charge >= 0.3 is 6.09 Å². The van der Waals surface area contributed by atoms with E-state index in [2.05, 4.69) is 5.32 Å². The van der Waals surface area contributed by atoms with Crippen LogP contribution in [0.2, 0.25) is 0 Å². The van der Waals surface area contributed by atoms with E-state index >= 15 is 0 Å². The highest BCUT2D eigenvalue weighted by molar-refractivity contribution is 5.95. The van der Waals surface area contributed by atoms with Gasteiger partial charge < -0.3 is 9.84 Å². The second-order valence-electron chi connectivity index (χ2n) is 7.39. The third-order valence-electron chi connectivity index (χ3n) is 4.49. The molecule has 0 aromatic heterocycles. The molecule has 0 heterocycles. The van der Waals surface area contributed by atoms with Gasteiger partial charge in [0.05, 0.1) is 0 Å². The Morgan fingerprint density at radius 2 is 1.77 bits per heavy atom. The Bertz CT molecular complexity index is 1000. The zero-order valence-electron chi connectivity index (χ0n) is 17.2. The molecule has 0 radical (unpaired) electrons. The lowest BCUT2D eigenvalue weighted by molar-refractivity contribution is -0.124. The smallest absolute Gasteiger partial charge is 0.412 e. The molecule has 0 spiro atoms. The van der Waals surface area contributed by atoms with Crippen molar-refractivity contribution in [1.82, 2.24) is 5.48 Å². The molecule has 2 aromatic carbocycles. The van der Waals surface area contributed by atoms with Gasteiger partial charge in [0.25, 0.3) is 5.91 Å². The van der Waals surface area contributed by atoms with Crippen molar-refractivity contribution in [3.05, 3.63) is 71.6 Å². The number of carbonyl (C=O) groups excluding carboxylic acids is 3. The number of ketones is 1. The summed E-state index contributed by atoms with van der Waals surface area (Å²) in [5, 5.41) is 20.7. The van der Waals surface area contributed by atoms with Crippen LogP contribution in [0.1, 0.15) is 42.8 Å². The molecule has 8 nitrogen and oxygen atoms in total. The third-order valence-corrected chi connectivity index (χ3v) is 4.49. The molecule has 0 unspecified atom stereocenters. The minimum absolute atomic E-state index is 0.121. The summed E-state index contributed by atoms with van der Waals surface area (Å²) in [5.41, 5.74) is 1.52. The maximum absolute atomic E-state index is 13.9. The van der Waals surface area contributed by atoms with Gasteiger partial charge in [-0.25, -0.2) is 14.7 Å². The molecule has 4 N–H and O–H groups in total. The van der Waals surface area contributed by atoms with Crippen LogP contribution in [0.15, 0.2) is 54.6 Å². The fourth-order valence-electron chi connectivity index (χ4n) is 2.79. The van der Waals surface area contributed by atoms with Gasteiger partial charge in [0, 0.05) is 22.7 Å². The Morgan fingerprint density at radius 1 is 1.13 bits per heavy atom. The average Bonchev–Trinajstić information content (AvgIpc) is 2.72. The van der Waals surface area contributed by atoms with Gasteiger partial charge in [0.15, 0.2) is 17.3 Å². The molecule has 9 heteroatoms. The van der Waals surface area contributed by atoms with Crippen molar-refractivity contribution < 1.29 is 33.8 Å². The third kappa shape index (κ3) is 6.38. The van der Waals surface area contributed by atoms with Crippen LogP contribution >= 0.6 is 0 Å². The Morgan fingerprint density at radius 3 is 2.32 bits per heavy atom. The maximum atomic E-state index is 13.9. The van der Waals surface area contributed by atoms with E-state index in [0.717, 1.165) is 18.2 Å². The topological polar surface area (TPSA) is 125 Å². The molecule has 0 aliphatic heterocycles. The van der Waals surface area contributed by atoms with Crippen LogP contribution in [0.25, 0.3) is 0 Å². The first-order chi connectivity index (χ1) is 14.5. The number of phenols is 1. The van der Waals surface area contributed by atoms with Gasteiger partial charge in [-0.05, 0) is 48.9 Å². The molecule has 0 bridgehead atoms. The number of rotatable bonds is 7. The van der Waals surface area contributed by atoms with Gasteiger partial charge in [-0.15, -0.1) is 0 Å². The predicted molar refractivity (Wildman–Crippen MR) is 110 cm³/mol. The predicted octanol–water partition coefficient (Wildman–Crippen LogP) is 4.11. The number of hydrogen-bond acceptors (Lipinski definition) is 6. The van der Waals surface area contributed by atoms with Crippen molar-refractivity contribution in [3.63, 3.8) is 0 Å². The number of carbonyl (C=O) groups is 3. The van der Waals surface area contributed by atoms with Crippen molar-refractivity contribution in [2.24, 2.45) is 5.41 Å². The minimum Gasteiger partial charge on any atom is -0.505 e. The van der Waals surface area contributed by atoms with Crippen molar-refractivity contribution in [2.75, 3.05) is 5.32 Å². The Labute approximate surface area is 178 Å². The number of ether oxygens (including phenoxy) is 1. The molecule has 0 saturated carbocycles. The van der Waals surface area contributed by atoms with Crippen molar-refractivity contribution in [2.45, 2.75) is 26.9 Å². The normalized spacial score (nSPS) is 12.3. The molecule has 0 fully saturated rings. The van der Waals surface area contributed by atoms with E-state index < -0.39 is 35.1 Å². The molecular formula is C22H23FN2O6. The number of anilines is 1. The molecule has 1 atom stereocenters. The second-order valence-corrected chi connectivity index (χ2v) is 7.39. The number of amides is 2. The lowest BCUT2D eigenvalue weighted by Gasteiger charge is -2.31. The summed E-state index contributed by atoms with van der Waals surface area (Å²) in [4.78, 5) is 35.3. The van der Waals surface area contributed by atoms with E-state index in [1.54, 1.807) is 26.0 Å². The standard InChI is InChI=1S/C22H23FN2O6/c1-13(26)14-4-7-16(8-5-14)24-21(29)31-20(15-6-9-18(27)17(23)12-15)22(2,3)11-10-19(28)25-30/h4-12,20,27,30H,1-3H3,(H,24,29)(H,25,28)/b11-10+/t20-/m0/s1. The SMILES string of the molecule is CC(=O)c1ccc(NC(=O)O[C@@H](c2ccc(O)c(F)c2)C(C)(C)/C=C/C(=O)NO)cc1. The average molecular weight is 430 g/mol. The van der Waals surface area contributed by atoms with Crippen molar-refractivity contribution in [3.8, 4) is 5.75 Å². The lowest BCUT2D eigenvalue weighted by Crippen LogP contribution is -2.28. The maximum Gasteiger partial charge on any atom is 0.412 e. The highest BCUT2D eigenvalue weighted by Gasteiger charge is 2.33. The molecule has 0 aliphatic rings. The Kier molecular flexibility index (Phi) is 7.49. The van der Waals surface area contributed by atoms with Gasteiger partial charge in [-0.2, -0.15) is 0 Å². The van der Waals surface area contributed by atoms with E-state index in [9.17, 15) is 23.9 Å². The van der Waals surface area contributed by atoms with Crippen LogP contribution in [-0.2, 0) is 9.53 Å². The van der Waals surface area contributed by atoms with Crippen LogP contribution in [0.5, 0.6) is 5.75 Å². The summed E-state index contributed by atoms with van der Waals surface area (Å²) in [7, 11) is 0. The van der Waals surface area contributed by atoms with Crippen LogP contribution in [0.4, 0.5) is 14.9 Å². The molecule has 164 valence electrons. The van der Waals surface area contributed by atoms with E-state index in [4.69, 9.17) is 9.94 Å². The highest BCUT2D eigenvalue weighted by Crippen LogP contribution is 2.39. The summed E-state index contributed by atoms with van der Waals surface area (Å²) in [6.07, 6.45) is 0.512. The van der Waals surface area contributed by atoms with Crippen molar-refractivity contribution >= 4 is 23.5 Å². The molecule has 2 amide bonds. The Balaban J connectivity index is 2.29. The Hall–Kier alpha value is -3.72. The molecule has 31 heavy (non-hydrogen) atoms. The molecule has 2 rings (SSSR count). The summed E-state index contributed by atoms with van der Waals surface area (Å²) in [5.74, 6) is -2.38. The van der Waals surface area contributed by atoms with Gasteiger partial charge in [0.1, 0.15) is 6.10 Å². The summed E-state index contributed by atoms with van der Waals surface area (Å²) >= 11 is 0. The minimum atomic E-state index is -1.07. The van der Waals surface area contributed by atoms with E-state index in [0.29, 0.717) is 11.3 Å². The van der Waals surface area contributed by atoms with Crippen LogP contribution in [-0.4, -0.2) is 28.1 Å². The fourth-order valence-corrected chi connectivity index (χ4v) is 2.79. The number of halogens is 1. The zero-order valence-corrected chi connectivity index (χ0v) is 17.2. The number of aromatic hydroxyl groups is 1. The van der Waals surface area contributed by atoms with Gasteiger partial charge in [-0.3, -0.25) is 20.1 Å². The van der Waals surface area contributed by atoms with Crippen molar-refractivity contribution in [1.29, 1.82) is 0 Å². The van der Waals surface area contributed by atoms with Gasteiger partial charge in [-0.1, -0.05) is 26.0 Å². The van der Waals surface area contributed by atoms with E-state index in [1.807, 2.05) is 0 Å². The van der Waals surface area contributed by atoms with E-state index in [-0.39, 0.29) is 11.3 Å². The van der Waals surface area contributed by atoms with Crippen LogP contribution in [0, 0.1) is 11.2 Å². The summed E-state index contributed by atoms with van der Waals surface area (Å²) in [6.45, 7) is 4.70. The first-order valence-electron chi connectivity index (χ1n) is 9.24. The first-order valence-corrected chi connectivity index (χ1v) is 9.24. The largest absolute Gasteiger partial charge is 0.505 e. The molecular weight excluding hydrogens is 407 g/mol. The number of hydrogen-bond donors (Lipinski definition) is 4. The van der Waals surface area contributed by atoms with E-state index in [1.165, 1.54) is 36.7 Å². The number of benzene rings is 2. The molecule has 2 aromatic rings. The number of Topliss-reactive ketones (excluding diaryl/α,β-unsaturated/α-hetero) is 1. The zero-order chi connectivity index (χ0) is 23.2. The second kappa shape index (κ2) is 9.86. The van der Waals surface area contributed by atoms with Crippen LogP contribution in [0.3, 0.4) is 0 Å². The quantitative estimate of drug-likeness (QED) is 0.227. The molecule has 0 saturated heterocycles. The summed E-state index contributed by atoms with van der Waals surface area (Å²) in [6, 6.07) is 9.69. The van der Waals surface area contributed by atoms with Gasteiger partial charge in [0.2, 0.25) is 0 Å². The summed E-state index contributed by atoms with van der Waals surface area (Å²) < 4.78 is 19.5. The number of hydroxylamine groups is 1. The number of nitrogens with one attached hydrogen (secondary N) is 2. The lowest BCUT2D eigenvalue weighted by atomic mass is 9.82.